The molecule has 0 radical (unpaired) electrons. The van der Waals surface area contributed by atoms with Crippen LogP contribution in [0.3, 0.4) is 0 Å². The van der Waals surface area contributed by atoms with Gasteiger partial charge in [0.15, 0.2) is 0 Å². The molecule has 0 spiro atoms. The van der Waals surface area contributed by atoms with Crippen molar-refractivity contribution in [1.29, 1.82) is 0 Å². The molecule has 5 heteroatoms. The van der Waals surface area contributed by atoms with Crippen LogP contribution in [0, 0.1) is 0 Å². The van der Waals surface area contributed by atoms with Crippen molar-refractivity contribution in [3.8, 4) is 0 Å². The lowest BCUT2D eigenvalue weighted by Gasteiger charge is -2.37. The summed E-state index contributed by atoms with van der Waals surface area (Å²) in [5, 5.41) is 0. The van der Waals surface area contributed by atoms with Crippen molar-refractivity contribution in [1.82, 2.24) is 4.90 Å². The van der Waals surface area contributed by atoms with Gasteiger partial charge >= 0.3 is 6.18 Å². The van der Waals surface area contributed by atoms with E-state index < -0.39 is 11.0 Å². The van der Waals surface area contributed by atoms with E-state index in [-0.39, 0.29) is 6.54 Å². The van der Waals surface area contributed by atoms with Crippen LogP contribution in [0.5, 0.6) is 0 Å². The van der Waals surface area contributed by atoms with E-state index >= 15 is 0 Å². The summed E-state index contributed by atoms with van der Waals surface area (Å²) >= 11 is 2.75. The van der Waals surface area contributed by atoms with Crippen molar-refractivity contribution >= 4 is 15.9 Å². The summed E-state index contributed by atoms with van der Waals surface area (Å²) in [4.78, 5) is 0.609. The highest BCUT2D eigenvalue weighted by molar-refractivity contribution is 9.09. The smallest absolute Gasteiger partial charge is 0.299 e. The molecule has 1 nitrogen and oxygen atoms in total. The summed E-state index contributed by atoms with van der Waals surface area (Å²) in [5.74, 6) is 0. The third-order valence-electron chi connectivity index (χ3n) is 3.12. The quantitative estimate of drug-likeness (QED) is 0.710. The van der Waals surface area contributed by atoms with Gasteiger partial charge in [0.05, 0.1) is 0 Å². The second kappa shape index (κ2) is 6.24. The van der Waals surface area contributed by atoms with Gasteiger partial charge in [0.2, 0.25) is 0 Å². The van der Waals surface area contributed by atoms with Gasteiger partial charge in [0, 0.05) is 12.6 Å². The summed E-state index contributed by atoms with van der Waals surface area (Å²) in [6.45, 7) is 2.99. The number of nitrogens with zero attached hydrogens (tertiary/aromatic N) is 1. The second-order valence-electron chi connectivity index (χ2n) is 4.44. The fraction of sp³-hybridized carbons (Fsp3) is 1.00. The number of piperidine rings is 1. The molecule has 1 rings (SSSR count). The molecular formula is C11H19BrF3N. The largest absolute Gasteiger partial charge is 0.402 e. The third kappa shape index (κ3) is 4.24. The fourth-order valence-corrected chi connectivity index (χ4v) is 2.64. The Bertz CT molecular complexity index is 206. The van der Waals surface area contributed by atoms with Gasteiger partial charge < -0.3 is 0 Å². The van der Waals surface area contributed by atoms with E-state index in [0.29, 0.717) is 6.04 Å². The predicted octanol–water partition coefficient (Wildman–Crippen LogP) is 3.97. The summed E-state index contributed by atoms with van der Waals surface area (Å²) in [7, 11) is 0. The maximum absolute atomic E-state index is 12.4. The molecule has 0 saturated carbocycles. The Morgan fingerprint density at radius 2 is 2.06 bits per heavy atom. The Hall–Kier alpha value is 0.230. The van der Waals surface area contributed by atoms with Crippen LogP contribution in [0.4, 0.5) is 13.2 Å². The molecule has 1 aliphatic rings. The van der Waals surface area contributed by atoms with Gasteiger partial charge in [-0.05, 0) is 25.8 Å². The standard InChI is InChI=1S/C11H19BrF3N/c1-2-5-9-6-3-4-7-16(9)8-10(12)11(13,14)15/h9-10H,2-8H2,1H3. The van der Waals surface area contributed by atoms with Gasteiger partial charge in [-0.15, -0.1) is 0 Å². The molecule has 2 unspecified atom stereocenters. The first-order valence-corrected chi connectivity index (χ1v) is 6.81. The minimum Gasteiger partial charge on any atom is -0.299 e. The van der Waals surface area contributed by atoms with Gasteiger partial charge in [-0.1, -0.05) is 35.7 Å². The molecule has 1 aliphatic heterocycles. The molecule has 0 amide bonds. The van der Waals surface area contributed by atoms with Crippen LogP contribution in [-0.2, 0) is 0 Å². The van der Waals surface area contributed by atoms with Crippen molar-refractivity contribution in [2.75, 3.05) is 13.1 Å². The zero-order chi connectivity index (χ0) is 12.2. The number of rotatable bonds is 4. The average molecular weight is 302 g/mol. The number of hydrogen-bond donors (Lipinski definition) is 0. The normalized spacial score (nSPS) is 25.7. The average Bonchev–Trinajstić information content (AvgIpc) is 2.20. The van der Waals surface area contributed by atoms with E-state index in [4.69, 9.17) is 0 Å². The first-order chi connectivity index (χ1) is 7.45. The SMILES string of the molecule is CCCC1CCCCN1CC(Br)C(F)(F)F. The molecule has 0 aromatic carbocycles. The maximum atomic E-state index is 12.4. The third-order valence-corrected chi connectivity index (χ3v) is 3.93. The predicted molar refractivity (Wildman–Crippen MR) is 62.9 cm³/mol. The van der Waals surface area contributed by atoms with E-state index in [1.165, 1.54) is 0 Å². The van der Waals surface area contributed by atoms with Crippen molar-refractivity contribution in [2.45, 2.75) is 56.1 Å². The van der Waals surface area contributed by atoms with Crippen molar-refractivity contribution < 1.29 is 13.2 Å². The highest BCUT2D eigenvalue weighted by Gasteiger charge is 2.39. The molecule has 0 aromatic heterocycles. The second-order valence-corrected chi connectivity index (χ2v) is 5.55. The molecule has 96 valence electrons. The van der Waals surface area contributed by atoms with Crippen molar-refractivity contribution in [2.24, 2.45) is 0 Å². The van der Waals surface area contributed by atoms with Crippen LogP contribution >= 0.6 is 15.9 Å². The molecule has 16 heavy (non-hydrogen) atoms. The Labute approximate surface area is 104 Å². The number of hydrogen-bond acceptors (Lipinski definition) is 1. The van der Waals surface area contributed by atoms with Crippen LogP contribution in [0.1, 0.15) is 39.0 Å². The van der Waals surface area contributed by atoms with E-state index in [1.54, 1.807) is 0 Å². The molecule has 1 fully saturated rings. The maximum Gasteiger partial charge on any atom is 0.402 e. The molecule has 2 atom stereocenters. The van der Waals surface area contributed by atoms with Crippen molar-refractivity contribution in [3.05, 3.63) is 0 Å². The van der Waals surface area contributed by atoms with Crippen LogP contribution in [0.25, 0.3) is 0 Å². The summed E-state index contributed by atoms with van der Waals surface area (Å²) in [5.41, 5.74) is 0. The number of alkyl halides is 4. The van der Waals surface area contributed by atoms with E-state index in [1.807, 2.05) is 4.90 Å². The van der Waals surface area contributed by atoms with Crippen LogP contribution < -0.4 is 0 Å². The van der Waals surface area contributed by atoms with Gasteiger partial charge in [0.1, 0.15) is 4.83 Å². The van der Waals surface area contributed by atoms with E-state index in [2.05, 4.69) is 22.9 Å². The summed E-state index contributed by atoms with van der Waals surface area (Å²) < 4.78 is 37.3. The molecule has 1 saturated heterocycles. The Morgan fingerprint density at radius 3 is 2.62 bits per heavy atom. The number of halogens is 4. The summed E-state index contributed by atoms with van der Waals surface area (Å²) in [6.07, 6.45) is 1.15. The van der Waals surface area contributed by atoms with Crippen molar-refractivity contribution in [3.63, 3.8) is 0 Å². The summed E-state index contributed by atoms with van der Waals surface area (Å²) in [6, 6.07) is 0.348. The van der Waals surface area contributed by atoms with Gasteiger partial charge in [-0.2, -0.15) is 13.2 Å². The molecule has 1 heterocycles. The van der Waals surface area contributed by atoms with Crippen LogP contribution in [0.2, 0.25) is 0 Å². The van der Waals surface area contributed by atoms with E-state index in [0.717, 1.165) is 38.6 Å². The first kappa shape index (κ1) is 14.3. The monoisotopic (exact) mass is 301 g/mol. The first-order valence-electron chi connectivity index (χ1n) is 5.90. The zero-order valence-corrected chi connectivity index (χ0v) is 11.1. The number of likely N-dealkylation sites (tertiary alicyclic amines) is 1. The molecule has 0 aliphatic carbocycles. The highest BCUT2D eigenvalue weighted by atomic mass is 79.9. The lowest BCUT2D eigenvalue weighted by molar-refractivity contribution is -0.132. The Balaban J connectivity index is 2.49. The zero-order valence-electron chi connectivity index (χ0n) is 9.56. The van der Waals surface area contributed by atoms with Crippen LogP contribution in [0.15, 0.2) is 0 Å². The molecular weight excluding hydrogens is 283 g/mol. The topological polar surface area (TPSA) is 3.24 Å². The van der Waals surface area contributed by atoms with E-state index in [9.17, 15) is 13.2 Å². The van der Waals surface area contributed by atoms with Crippen LogP contribution in [-0.4, -0.2) is 35.0 Å². The Morgan fingerprint density at radius 1 is 1.38 bits per heavy atom. The molecule has 0 aromatic rings. The minimum absolute atomic E-state index is 0.0914. The highest BCUT2D eigenvalue weighted by Crippen LogP contribution is 2.29. The Kier molecular flexibility index (Phi) is 5.57. The molecule has 0 bridgehead atoms. The van der Waals surface area contributed by atoms with Gasteiger partial charge in [-0.3, -0.25) is 4.90 Å². The van der Waals surface area contributed by atoms with Gasteiger partial charge in [0.25, 0.3) is 0 Å². The minimum atomic E-state index is -4.13. The lowest BCUT2D eigenvalue weighted by Crippen LogP contribution is -2.45. The molecule has 0 N–H and O–H groups in total. The van der Waals surface area contributed by atoms with Gasteiger partial charge in [-0.25, -0.2) is 0 Å². The fourth-order valence-electron chi connectivity index (χ4n) is 2.27. The lowest BCUT2D eigenvalue weighted by atomic mass is 9.98.